The summed E-state index contributed by atoms with van der Waals surface area (Å²) in [7, 11) is 1.87. The Morgan fingerprint density at radius 3 is 2.74 bits per heavy atom. The summed E-state index contributed by atoms with van der Waals surface area (Å²) in [6, 6.07) is 5.68. The van der Waals surface area contributed by atoms with E-state index in [2.05, 4.69) is 21.2 Å². The second kappa shape index (κ2) is 7.50. The van der Waals surface area contributed by atoms with Gasteiger partial charge in [-0.25, -0.2) is 0 Å². The van der Waals surface area contributed by atoms with Crippen LogP contribution in [-0.2, 0) is 4.79 Å². The summed E-state index contributed by atoms with van der Waals surface area (Å²) in [5, 5.41) is 12.4. The van der Waals surface area contributed by atoms with Crippen molar-refractivity contribution in [3.8, 4) is 0 Å². The van der Waals surface area contributed by atoms with Gasteiger partial charge in [-0.05, 0) is 31.0 Å². The maximum absolute atomic E-state index is 11.6. The molecule has 1 aromatic rings. The zero-order valence-corrected chi connectivity index (χ0v) is 13.2. The highest BCUT2D eigenvalue weighted by molar-refractivity contribution is 9.10. The highest BCUT2D eigenvalue weighted by Crippen LogP contribution is 2.27. The first kappa shape index (κ1) is 16.0. The summed E-state index contributed by atoms with van der Waals surface area (Å²) >= 11 is 3.44. The zero-order valence-electron chi connectivity index (χ0n) is 11.6. The van der Waals surface area contributed by atoms with E-state index in [1.165, 1.54) is 0 Å². The number of hydrogen-bond acceptors (Lipinski definition) is 3. The first-order valence-electron chi connectivity index (χ1n) is 6.41. The molecule has 0 aliphatic carbocycles. The molecule has 1 atom stereocenters. The number of carbonyl (C=O) groups is 1. The van der Waals surface area contributed by atoms with Gasteiger partial charge in [0, 0.05) is 23.8 Å². The number of amides is 1. The molecule has 0 bridgehead atoms. The largest absolute Gasteiger partial charge is 0.389 e. The van der Waals surface area contributed by atoms with Crippen LogP contribution in [0.3, 0.4) is 0 Å². The number of likely N-dealkylation sites (N-methyl/N-ethyl adjacent to an activating group) is 1. The molecule has 0 heterocycles. The van der Waals surface area contributed by atoms with Gasteiger partial charge in [0.2, 0.25) is 5.91 Å². The summed E-state index contributed by atoms with van der Waals surface area (Å²) in [5.41, 5.74) is 1.77. The van der Waals surface area contributed by atoms with Crippen molar-refractivity contribution in [1.82, 2.24) is 5.32 Å². The second-order valence-electron chi connectivity index (χ2n) is 4.59. The van der Waals surface area contributed by atoms with Crippen molar-refractivity contribution in [2.24, 2.45) is 0 Å². The Balaban J connectivity index is 2.70. The number of hydrogen-bond donors (Lipinski definition) is 2. The fourth-order valence-corrected chi connectivity index (χ4v) is 2.42. The molecule has 0 aliphatic heterocycles. The first-order valence-corrected chi connectivity index (χ1v) is 7.20. The van der Waals surface area contributed by atoms with E-state index in [1.807, 2.05) is 37.1 Å². The molecule has 0 unspecified atom stereocenters. The lowest BCUT2D eigenvalue weighted by Gasteiger charge is -2.20. The number of halogens is 1. The fourth-order valence-electron chi connectivity index (χ4n) is 1.72. The molecule has 0 radical (unpaired) electrons. The molecule has 0 fully saturated rings. The van der Waals surface area contributed by atoms with Crippen LogP contribution in [0, 0.1) is 0 Å². The van der Waals surface area contributed by atoms with Gasteiger partial charge < -0.3 is 15.3 Å². The predicted molar refractivity (Wildman–Crippen MR) is 81.3 cm³/mol. The van der Waals surface area contributed by atoms with Crippen LogP contribution in [0.25, 0.3) is 0 Å². The maximum atomic E-state index is 11.6. The molecule has 0 aromatic heterocycles. The Kier molecular flexibility index (Phi) is 6.31. The topological polar surface area (TPSA) is 52.6 Å². The van der Waals surface area contributed by atoms with Gasteiger partial charge in [-0.2, -0.15) is 0 Å². The van der Waals surface area contributed by atoms with Gasteiger partial charge in [0.05, 0.1) is 12.6 Å². The highest BCUT2D eigenvalue weighted by atomic mass is 79.9. The molecule has 0 saturated carbocycles. The maximum Gasteiger partial charge on any atom is 0.239 e. The number of carbonyl (C=O) groups excluding carboxylic acids is 1. The van der Waals surface area contributed by atoms with Gasteiger partial charge in [0.25, 0.3) is 0 Å². The van der Waals surface area contributed by atoms with Crippen molar-refractivity contribution in [2.75, 3.05) is 25.0 Å². The molecule has 5 heteroatoms. The van der Waals surface area contributed by atoms with Crippen LogP contribution in [0.2, 0.25) is 0 Å². The number of nitrogens with zero attached hydrogens (tertiary/aromatic N) is 1. The smallest absolute Gasteiger partial charge is 0.239 e. The molecule has 4 nitrogen and oxygen atoms in total. The average Bonchev–Trinajstić information content (AvgIpc) is 2.35. The number of nitrogens with one attached hydrogen (secondary N) is 1. The summed E-state index contributed by atoms with van der Waals surface area (Å²) in [6.07, 6.45) is 0.422. The third kappa shape index (κ3) is 4.84. The van der Waals surface area contributed by atoms with Gasteiger partial charge in [0.15, 0.2) is 0 Å². The number of benzene rings is 1. The van der Waals surface area contributed by atoms with E-state index in [4.69, 9.17) is 0 Å². The van der Waals surface area contributed by atoms with Gasteiger partial charge in [-0.15, -0.1) is 0 Å². The van der Waals surface area contributed by atoms with Gasteiger partial charge >= 0.3 is 0 Å². The second-order valence-corrected chi connectivity index (χ2v) is 5.44. The highest BCUT2D eigenvalue weighted by Gasteiger charge is 2.11. The molecule has 1 rings (SSSR count). The van der Waals surface area contributed by atoms with E-state index < -0.39 is 6.10 Å². The van der Waals surface area contributed by atoms with Crippen LogP contribution in [-0.4, -0.2) is 31.2 Å². The normalized spacial score (nSPS) is 12.1. The first-order chi connectivity index (χ1) is 8.95. The fraction of sp³-hybridized carbons (Fsp3) is 0.500. The molecular formula is C14H21BrN2O2. The standard InChI is InChI=1S/C14H21BrN2O2/c1-4-7-16-14(19)9-17(3)11-5-6-12(10(2)18)13(15)8-11/h5-6,8,10,18H,4,7,9H2,1-3H3,(H,16,19)/t10-/m1/s1. The van der Waals surface area contributed by atoms with E-state index in [0.29, 0.717) is 13.1 Å². The Morgan fingerprint density at radius 2 is 2.21 bits per heavy atom. The number of rotatable bonds is 6. The minimum atomic E-state index is -0.512. The molecule has 19 heavy (non-hydrogen) atoms. The predicted octanol–water partition coefficient (Wildman–Crippen LogP) is 2.46. The average molecular weight is 329 g/mol. The minimum absolute atomic E-state index is 0.0140. The lowest BCUT2D eigenvalue weighted by atomic mass is 10.1. The monoisotopic (exact) mass is 328 g/mol. The number of aliphatic hydroxyl groups excluding tert-OH is 1. The summed E-state index contributed by atoms with van der Waals surface area (Å²) < 4.78 is 0.848. The van der Waals surface area contributed by atoms with Gasteiger partial charge in [0.1, 0.15) is 0 Å². The third-order valence-corrected chi connectivity index (χ3v) is 3.51. The van der Waals surface area contributed by atoms with E-state index in [-0.39, 0.29) is 5.91 Å². The summed E-state index contributed by atoms with van der Waals surface area (Å²) in [4.78, 5) is 13.5. The summed E-state index contributed by atoms with van der Waals surface area (Å²) in [6.45, 7) is 4.77. The van der Waals surface area contributed by atoms with Crippen molar-refractivity contribution in [3.63, 3.8) is 0 Å². The Bertz CT molecular complexity index is 435. The molecular weight excluding hydrogens is 308 g/mol. The Hall–Kier alpha value is -1.07. The zero-order chi connectivity index (χ0) is 14.4. The van der Waals surface area contributed by atoms with Crippen LogP contribution in [0.15, 0.2) is 22.7 Å². The summed E-state index contributed by atoms with van der Waals surface area (Å²) in [5.74, 6) is 0.0140. The SMILES string of the molecule is CCCNC(=O)CN(C)c1ccc([C@@H](C)O)c(Br)c1. The van der Waals surface area contributed by atoms with Gasteiger partial charge in [-0.1, -0.05) is 28.9 Å². The molecule has 0 saturated heterocycles. The van der Waals surface area contributed by atoms with E-state index in [9.17, 15) is 9.90 Å². The third-order valence-electron chi connectivity index (χ3n) is 2.83. The Labute approximate surface area is 122 Å². The van der Waals surface area contributed by atoms with Crippen LogP contribution in [0.5, 0.6) is 0 Å². The van der Waals surface area contributed by atoms with Crippen molar-refractivity contribution < 1.29 is 9.90 Å². The molecule has 1 amide bonds. The van der Waals surface area contributed by atoms with E-state index in [1.54, 1.807) is 6.92 Å². The lowest BCUT2D eigenvalue weighted by molar-refractivity contribution is -0.119. The molecule has 2 N–H and O–H groups in total. The molecule has 0 spiro atoms. The van der Waals surface area contributed by atoms with Crippen molar-refractivity contribution in [2.45, 2.75) is 26.4 Å². The van der Waals surface area contributed by atoms with Crippen molar-refractivity contribution in [3.05, 3.63) is 28.2 Å². The Morgan fingerprint density at radius 1 is 1.53 bits per heavy atom. The molecule has 1 aromatic carbocycles. The van der Waals surface area contributed by atoms with Gasteiger partial charge in [-0.3, -0.25) is 4.79 Å². The van der Waals surface area contributed by atoms with Crippen LogP contribution in [0.4, 0.5) is 5.69 Å². The van der Waals surface area contributed by atoms with Crippen LogP contribution < -0.4 is 10.2 Å². The van der Waals surface area contributed by atoms with Crippen molar-refractivity contribution in [1.29, 1.82) is 0 Å². The molecule has 106 valence electrons. The van der Waals surface area contributed by atoms with Crippen LogP contribution in [0.1, 0.15) is 31.9 Å². The van der Waals surface area contributed by atoms with Crippen molar-refractivity contribution >= 4 is 27.5 Å². The number of anilines is 1. The lowest BCUT2D eigenvalue weighted by Crippen LogP contribution is -2.35. The van der Waals surface area contributed by atoms with E-state index >= 15 is 0 Å². The number of aliphatic hydroxyl groups is 1. The molecule has 0 aliphatic rings. The van der Waals surface area contributed by atoms with Crippen LogP contribution >= 0.6 is 15.9 Å². The quantitative estimate of drug-likeness (QED) is 0.843. The minimum Gasteiger partial charge on any atom is -0.389 e. The van der Waals surface area contributed by atoms with E-state index in [0.717, 1.165) is 22.1 Å².